The van der Waals surface area contributed by atoms with Gasteiger partial charge in [0.15, 0.2) is 0 Å². The van der Waals surface area contributed by atoms with Crippen LogP contribution in [-0.4, -0.2) is 26.2 Å². The van der Waals surface area contributed by atoms with Crippen LogP contribution >= 0.6 is 0 Å². The molecule has 0 aromatic rings. The van der Waals surface area contributed by atoms with Gasteiger partial charge in [-0.1, -0.05) is 6.92 Å². The molecule has 0 radical (unpaired) electrons. The van der Waals surface area contributed by atoms with Gasteiger partial charge in [-0.3, -0.25) is 4.79 Å². The Labute approximate surface area is 73.5 Å². The maximum atomic E-state index is 10.7. The monoisotopic (exact) mass is 171 g/mol. The van der Waals surface area contributed by atoms with Crippen LogP contribution in [0.15, 0.2) is 0 Å². The Morgan fingerprint density at radius 1 is 1.58 bits per heavy atom. The number of hydrogen-bond donors (Lipinski definition) is 1. The normalized spacial score (nSPS) is 18.8. The molecule has 0 heterocycles. The van der Waals surface area contributed by atoms with Gasteiger partial charge in [0.05, 0.1) is 13.5 Å². The summed E-state index contributed by atoms with van der Waals surface area (Å²) in [5, 5.41) is 3.25. The highest BCUT2D eigenvalue weighted by Crippen LogP contribution is 2.43. The molecule has 0 atom stereocenters. The molecule has 12 heavy (non-hydrogen) atoms. The fraction of sp³-hybridized carbons (Fsp3) is 0.889. The lowest BCUT2D eigenvalue weighted by Crippen LogP contribution is -2.24. The van der Waals surface area contributed by atoms with Crippen molar-refractivity contribution in [3.05, 3.63) is 0 Å². The lowest BCUT2D eigenvalue weighted by atomic mass is 10.1. The summed E-state index contributed by atoms with van der Waals surface area (Å²) >= 11 is 0. The number of carbonyl (C=O) groups excluding carboxylic acids is 1. The molecule has 0 spiro atoms. The number of esters is 1. The van der Waals surface area contributed by atoms with Gasteiger partial charge in [-0.2, -0.15) is 0 Å². The molecule has 0 aromatic carbocycles. The molecule has 0 aliphatic heterocycles. The predicted molar refractivity (Wildman–Crippen MR) is 46.8 cm³/mol. The molecule has 1 rings (SSSR count). The number of methoxy groups -OCH3 is 1. The summed E-state index contributed by atoms with van der Waals surface area (Å²) in [5.74, 6) is -0.136. The van der Waals surface area contributed by atoms with Crippen molar-refractivity contribution in [3.63, 3.8) is 0 Å². The van der Waals surface area contributed by atoms with Crippen LogP contribution < -0.4 is 5.32 Å². The zero-order valence-electron chi connectivity index (χ0n) is 7.85. The molecule has 3 nitrogen and oxygen atoms in total. The van der Waals surface area contributed by atoms with E-state index >= 15 is 0 Å². The summed E-state index contributed by atoms with van der Waals surface area (Å²) in [6.45, 7) is 4.03. The van der Waals surface area contributed by atoms with Crippen LogP contribution in [0.5, 0.6) is 0 Å². The number of nitrogens with one attached hydrogen (secondary N) is 1. The van der Waals surface area contributed by atoms with Gasteiger partial charge >= 0.3 is 5.97 Å². The molecule has 3 heteroatoms. The molecule has 1 aliphatic carbocycles. The van der Waals surface area contributed by atoms with Gasteiger partial charge in [0.25, 0.3) is 0 Å². The second-order valence-corrected chi connectivity index (χ2v) is 3.81. The fourth-order valence-electron chi connectivity index (χ4n) is 1.07. The molecule has 0 bridgehead atoms. The molecular formula is C9H17NO2. The smallest absolute Gasteiger partial charge is 0.306 e. The van der Waals surface area contributed by atoms with E-state index in [0.29, 0.717) is 11.8 Å². The predicted octanol–water partition coefficient (Wildman–Crippen LogP) is 0.939. The van der Waals surface area contributed by atoms with Crippen molar-refractivity contribution in [3.8, 4) is 0 Å². The second kappa shape index (κ2) is 3.90. The summed E-state index contributed by atoms with van der Waals surface area (Å²) in [4.78, 5) is 10.7. The van der Waals surface area contributed by atoms with E-state index in [1.165, 1.54) is 20.0 Å². The Bertz CT molecular complexity index is 164. The number of ether oxygens (including phenoxy) is 1. The van der Waals surface area contributed by atoms with E-state index in [-0.39, 0.29) is 5.97 Å². The number of carbonyl (C=O) groups is 1. The lowest BCUT2D eigenvalue weighted by molar-refractivity contribution is -0.140. The van der Waals surface area contributed by atoms with Crippen LogP contribution in [0.4, 0.5) is 0 Å². The first kappa shape index (κ1) is 9.52. The minimum Gasteiger partial charge on any atom is -0.469 e. The van der Waals surface area contributed by atoms with E-state index in [1.54, 1.807) is 0 Å². The Balaban J connectivity index is 1.92. The van der Waals surface area contributed by atoms with E-state index in [1.807, 2.05) is 0 Å². The van der Waals surface area contributed by atoms with E-state index in [4.69, 9.17) is 0 Å². The fourth-order valence-corrected chi connectivity index (χ4v) is 1.07. The van der Waals surface area contributed by atoms with Crippen molar-refractivity contribution in [1.29, 1.82) is 0 Å². The summed E-state index contributed by atoms with van der Waals surface area (Å²) in [6.07, 6.45) is 3.11. The molecule has 0 unspecified atom stereocenters. The standard InChI is InChI=1S/C9H17NO2/c1-9(4-5-9)7-10-6-3-8(11)12-2/h10H,3-7H2,1-2H3. The number of rotatable bonds is 5. The Morgan fingerprint density at radius 3 is 2.75 bits per heavy atom. The second-order valence-electron chi connectivity index (χ2n) is 3.81. The van der Waals surface area contributed by atoms with Gasteiger partial charge in [0.2, 0.25) is 0 Å². The van der Waals surface area contributed by atoms with Crippen molar-refractivity contribution in [2.75, 3.05) is 20.2 Å². The van der Waals surface area contributed by atoms with Crippen molar-refractivity contribution in [2.24, 2.45) is 5.41 Å². The summed E-state index contributed by atoms with van der Waals surface area (Å²) < 4.78 is 4.52. The first-order valence-corrected chi connectivity index (χ1v) is 4.44. The first-order chi connectivity index (χ1) is 5.66. The van der Waals surface area contributed by atoms with Gasteiger partial charge in [-0.25, -0.2) is 0 Å². The third-order valence-corrected chi connectivity index (χ3v) is 2.39. The van der Waals surface area contributed by atoms with Gasteiger partial charge in [0, 0.05) is 13.1 Å². The first-order valence-electron chi connectivity index (χ1n) is 4.44. The van der Waals surface area contributed by atoms with Crippen molar-refractivity contribution in [1.82, 2.24) is 5.32 Å². The van der Waals surface area contributed by atoms with E-state index in [9.17, 15) is 4.79 Å². The third-order valence-electron chi connectivity index (χ3n) is 2.39. The molecule has 1 fully saturated rings. The van der Waals surface area contributed by atoms with E-state index in [2.05, 4.69) is 17.0 Å². The maximum absolute atomic E-state index is 10.7. The molecule has 1 aliphatic rings. The average molecular weight is 171 g/mol. The molecule has 0 saturated heterocycles. The Kier molecular flexibility index (Phi) is 3.09. The molecule has 70 valence electrons. The van der Waals surface area contributed by atoms with Gasteiger partial charge in [-0.05, 0) is 18.3 Å². The van der Waals surface area contributed by atoms with Crippen LogP contribution in [0.3, 0.4) is 0 Å². The minimum atomic E-state index is -0.136. The molecule has 0 amide bonds. The van der Waals surface area contributed by atoms with Gasteiger partial charge < -0.3 is 10.1 Å². The summed E-state index contributed by atoms with van der Waals surface area (Å²) in [6, 6.07) is 0. The zero-order valence-corrected chi connectivity index (χ0v) is 7.85. The quantitative estimate of drug-likeness (QED) is 0.494. The van der Waals surface area contributed by atoms with E-state index in [0.717, 1.165) is 13.1 Å². The van der Waals surface area contributed by atoms with Crippen molar-refractivity contribution in [2.45, 2.75) is 26.2 Å². The van der Waals surface area contributed by atoms with Crippen LogP contribution in [-0.2, 0) is 9.53 Å². The molecular weight excluding hydrogens is 154 g/mol. The average Bonchev–Trinajstić information content (AvgIpc) is 2.78. The maximum Gasteiger partial charge on any atom is 0.306 e. The highest BCUT2D eigenvalue weighted by molar-refractivity contribution is 5.69. The van der Waals surface area contributed by atoms with Crippen LogP contribution in [0, 0.1) is 5.41 Å². The highest BCUT2D eigenvalue weighted by Gasteiger charge is 2.36. The number of hydrogen-bond acceptors (Lipinski definition) is 3. The van der Waals surface area contributed by atoms with Gasteiger partial charge in [-0.15, -0.1) is 0 Å². The topological polar surface area (TPSA) is 38.3 Å². The SMILES string of the molecule is COC(=O)CCNCC1(C)CC1. The highest BCUT2D eigenvalue weighted by atomic mass is 16.5. The van der Waals surface area contributed by atoms with Crippen LogP contribution in [0.1, 0.15) is 26.2 Å². The van der Waals surface area contributed by atoms with Gasteiger partial charge in [0.1, 0.15) is 0 Å². The Hall–Kier alpha value is -0.570. The molecule has 0 aromatic heterocycles. The summed E-state index contributed by atoms with van der Waals surface area (Å²) in [5.41, 5.74) is 0.524. The molecule has 1 N–H and O–H groups in total. The van der Waals surface area contributed by atoms with Crippen LogP contribution in [0.25, 0.3) is 0 Å². The third kappa shape index (κ3) is 3.22. The van der Waals surface area contributed by atoms with Crippen molar-refractivity contribution >= 4 is 5.97 Å². The minimum absolute atomic E-state index is 0.136. The lowest BCUT2D eigenvalue weighted by Gasteiger charge is -2.08. The van der Waals surface area contributed by atoms with E-state index < -0.39 is 0 Å². The van der Waals surface area contributed by atoms with Crippen LogP contribution in [0.2, 0.25) is 0 Å². The zero-order chi connectivity index (χ0) is 9.03. The summed E-state index contributed by atoms with van der Waals surface area (Å²) in [7, 11) is 1.42. The van der Waals surface area contributed by atoms with Crippen molar-refractivity contribution < 1.29 is 9.53 Å². The Morgan fingerprint density at radius 2 is 2.25 bits per heavy atom. The molecule has 1 saturated carbocycles. The largest absolute Gasteiger partial charge is 0.469 e.